The zero-order chi connectivity index (χ0) is 15.6. The van der Waals surface area contributed by atoms with Crippen molar-refractivity contribution in [1.29, 1.82) is 0 Å². The zero-order valence-corrected chi connectivity index (χ0v) is 13.2. The molecule has 0 aromatic carbocycles. The average molecular weight is 292 g/mol. The van der Waals surface area contributed by atoms with Gasteiger partial charge in [0.1, 0.15) is 17.6 Å². The summed E-state index contributed by atoms with van der Waals surface area (Å²) in [7, 11) is 0. The Morgan fingerprint density at radius 3 is 2.62 bits per heavy atom. The summed E-state index contributed by atoms with van der Waals surface area (Å²) in [6, 6.07) is 1.46. The predicted molar refractivity (Wildman–Crippen MR) is 80.1 cm³/mol. The fourth-order valence-electron chi connectivity index (χ4n) is 2.83. The van der Waals surface area contributed by atoms with E-state index in [4.69, 9.17) is 4.42 Å². The van der Waals surface area contributed by atoms with Crippen LogP contribution in [-0.4, -0.2) is 35.3 Å². The maximum Gasteiger partial charge on any atom is 0.258 e. The van der Waals surface area contributed by atoms with Crippen molar-refractivity contribution in [3.8, 4) is 0 Å². The SMILES string of the molecule is Cc1cc(C(=O)N2CCCCC2C(=O)NC(C)C)c(C)o1. The van der Waals surface area contributed by atoms with Crippen LogP contribution >= 0.6 is 0 Å². The van der Waals surface area contributed by atoms with Crippen LogP contribution in [0, 0.1) is 13.8 Å². The van der Waals surface area contributed by atoms with Crippen molar-refractivity contribution < 1.29 is 14.0 Å². The van der Waals surface area contributed by atoms with Gasteiger partial charge in [-0.05, 0) is 53.0 Å². The Kier molecular flexibility index (Phi) is 4.70. The van der Waals surface area contributed by atoms with E-state index in [-0.39, 0.29) is 23.9 Å². The standard InChI is InChI=1S/C16H24N2O3/c1-10(2)17-15(19)14-7-5-6-8-18(14)16(20)13-9-11(3)21-12(13)4/h9-10,14H,5-8H2,1-4H3,(H,17,19). The van der Waals surface area contributed by atoms with Gasteiger partial charge in [-0.3, -0.25) is 9.59 Å². The van der Waals surface area contributed by atoms with Crippen molar-refractivity contribution >= 4 is 11.8 Å². The van der Waals surface area contributed by atoms with Crippen LogP contribution in [0.1, 0.15) is 55.0 Å². The van der Waals surface area contributed by atoms with Gasteiger partial charge in [0.05, 0.1) is 5.56 Å². The third-order valence-corrected chi connectivity index (χ3v) is 3.77. The second-order valence-electron chi connectivity index (χ2n) is 6.00. The van der Waals surface area contributed by atoms with E-state index in [1.807, 2.05) is 20.8 Å². The maximum absolute atomic E-state index is 12.7. The zero-order valence-electron chi connectivity index (χ0n) is 13.2. The molecular weight excluding hydrogens is 268 g/mol. The Labute approximate surface area is 125 Å². The molecule has 21 heavy (non-hydrogen) atoms. The molecule has 2 rings (SSSR count). The number of furan rings is 1. The number of rotatable bonds is 3. The molecule has 0 spiro atoms. The summed E-state index contributed by atoms with van der Waals surface area (Å²) in [6.45, 7) is 8.09. The number of piperidine rings is 1. The van der Waals surface area contributed by atoms with Gasteiger partial charge in [0.15, 0.2) is 0 Å². The van der Waals surface area contributed by atoms with Crippen LogP contribution in [0.4, 0.5) is 0 Å². The lowest BCUT2D eigenvalue weighted by molar-refractivity contribution is -0.127. The van der Waals surface area contributed by atoms with Gasteiger partial charge in [-0.15, -0.1) is 0 Å². The number of nitrogens with one attached hydrogen (secondary N) is 1. The van der Waals surface area contributed by atoms with Gasteiger partial charge in [0.25, 0.3) is 5.91 Å². The minimum absolute atomic E-state index is 0.0593. The Morgan fingerprint density at radius 2 is 2.05 bits per heavy atom. The number of nitrogens with zero attached hydrogens (tertiary/aromatic N) is 1. The quantitative estimate of drug-likeness (QED) is 0.930. The monoisotopic (exact) mass is 292 g/mol. The summed E-state index contributed by atoms with van der Waals surface area (Å²) in [5, 5.41) is 2.91. The second-order valence-corrected chi connectivity index (χ2v) is 6.00. The van der Waals surface area contributed by atoms with Crippen LogP contribution in [0.3, 0.4) is 0 Å². The van der Waals surface area contributed by atoms with Crippen molar-refractivity contribution in [3.05, 3.63) is 23.2 Å². The molecule has 0 saturated carbocycles. The van der Waals surface area contributed by atoms with Crippen molar-refractivity contribution in [2.24, 2.45) is 0 Å². The van der Waals surface area contributed by atoms with Gasteiger partial charge in [-0.25, -0.2) is 0 Å². The lowest BCUT2D eigenvalue weighted by Crippen LogP contribution is -2.53. The van der Waals surface area contributed by atoms with E-state index in [0.29, 0.717) is 17.9 Å². The first-order valence-electron chi connectivity index (χ1n) is 7.58. The Balaban J connectivity index is 2.20. The molecule has 1 N–H and O–H groups in total. The molecule has 116 valence electrons. The molecule has 1 unspecified atom stereocenters. The van der Waals surface area contributed by atoms with E-state index < -0.39 is 0 Å². The van der Waals surface area contributed by atoms with Crippen LogP contribution in [0.15, 0.2) is 10.5 Å². The first-order valence-corrected chi connectivity index (χ1v) is 7.58. The fraction of sp³-hybridized carbons (Fsp3) is 0.625. The van der Waals surface area contributed by atoms with Gasteiger partial charge in [-0.1, -0.05) is 0 Å². The minimum atomic E-state index is -0.372. The van der Waals surface area contributed by atoms with Crippen LogP contribution in [0.5, 0.6) is 0 Å². The van der Waals surface area contributed by atoms with Gasteiger partial charge >= 0.3 is 0 Å². The summed E-state index contributed by atoms with van der Waals surface area (Å²) in [6.07, 6.45) is 2.64. The largest absolute Gasteiger partial charge is 0.466 e. The summed E-state index contributed by atoms with van der Waals surface area (Å²) in [5.74, 6) is 1.17. The molecule has 5 heteroatoms. The van der Waals surface area contributed by atoms with E-state index in [1.165, 1.54) is 0 Å². The Hall–Kier alpha value is -1.78. The lowest BCUT2D eigenvalue weighted by atomic mass is 9.99. The van der Waals surface area contributed by atoms with Gasteiger partial charge in [0, 0.05) is 12.6 Å². The first kappa shape index (κ1) is 15.6. The molecule has 2 amide bonds. The van der Waals surface area contributed by atoms with Crippen molar-refractivity contribution in [2.75, 3.05) is 6.54 Å². The number of hydrogen-bond donors (Lipinski definition) is 1. The number of aryl methyl sites for hydroxylation is 2. The minimum Gasteiger partial charge on any atom is -0.466 e. The highest BCUT2D eigenvalue weighted by Gasteiger charge is 2.33. The first-order chi connectivity index (χ1) is 9.90. The maximum atomic E-state index is 12.7. The molecule has 5 nitrogen and oxygen atoms in total. The lowest BCUT2D eigenvalue weighted by Gasteiger charge is -2.35. The number of likely N-dealkylation sites (tertiary alicyclic amines) is 1. The number of hydrogen-bond acceptors (Lipinski definition) is 3. The van der Waals surface area contributed by atoms with Crippen molar-refractivity contribution in [3.63, 3.8) is 0 Å². The fourth-order valence-corrected chi connectivity index (χ4v) is 2.83. The third kappa shape index (κ3) is 3.46. The number of carbonyl (C=O) groups is 2. The van der Waals surface area contributed by atoms with E-state index in [9.17, 15) is 9.59 Å². The van der Waals surface area contributed by atoms with Crippen molar-refractivity contribution in [2.45, 2.75) is 59.0 Å². The van der Waals surface area contributed by atoms with Gasteiger partial charge in [0.2, 0.25) is 5.91 Å². The Morgan fingerprint density at radius 1 is 1.33 bits per heavy atom. The number of carbonyl (C=O) groups excluding carboxylic acids is 2. The van der Waals surface area contributed by atoms with Gasteiger partial charge in [-0.2, -0.15) is 0 Å². The topological polar surface area (TPSA) is 62.6 Å². The van der Waals surface area contributed by atoms with Crippen LogP contribution < -0.4 is 5.32 Å². The van der Waals surface area contributed by atoms with Crippen LogP contribution in [0.2, 0.25) is 0 Å². The molecule has 0 radical (unpaired) electrons. The predicted octanol–water partition coefficient (Wildman–Crippen LogP) is 2.42. The molecule has 1 atom stereocenters. The molecule has 1 aromatic heterocycles. The van der Waals surface area contributed by atoms with E-state index in [2.05, 4.69) is 5.32 Å². The molecule has 0 aliphatic carbocycles. The molecule has 1 aliphatic rings. The summed E-state index contributed by atoms with van der Waals surface area (Å²) in [4.78, 5) is 26.7. The highest BCUT2D eigenvalue weighted by Crippen LogP contribution is 2.23. The van der Waals surface area contributed by atoms with Crippen LogP contribution in [0.25, 0.3) is 0 Å². The highest BCUT2D eigenvalue weighted by molar-refractivity contribution is 5.98. The average Bonchev–Trinajstić information content (AvgIpc) is 2.76. The van der Waals surface area contributed by atoms with Crippen LogP contribution in [-0.2, 0) is 4.79 Å². The Bertz CT molecular complexity index is 534. The highest BCUT2D eigenvalue weighted by atomic mass is 16.3. The van der Waals surface area contributed by atoms with E-state index in [1.54, 1.807) is 17.9 Å². The van der Waals surface area contributed by atoms with Crippen molar-refractivity contribution in [1.82, 2.24) is 10.2 Å². The smallest absolute Gasteiger partial charge is 0.258 e. The third-order valence-electron chi connectivity index (χ3n) is 3.77. The molecular formula is C16H24N2O3. The van der Waals surface area contributed by atoms with E-state index in [0.717, 1.165) is 25.0 Å². The summed E-state index contributed by atoms with van der Waals surface area (Å²) >= 11 is 0. The normalized spacial score (nSPS) is 18.9. The summed E-state index contributed by atoms with van der Waals surface area (Å²) < 4.78 is 5.44. The molecule has 2 heterocycles. The molecule has 1 aromatic rings. The second kappa shape index (κ2) is 6.33. The molecule has 1 aliphatic heterocycles. The molecule has 1 fully saturated rings. The summed E-state index contributed by atoms with van der Waals surface area (Å²) in [5.41, 5.74) is 0.566. The van der Waals surface area contributed by atoms with E-state index >= 15 is 0 Å². The van der Waals surface area contributed by atoms with Gasteiger partial charge < -0.3 is 14.6 Å². The molecule has 0 bridgehead atoms. The molecule has 1 saturated heterocycles. The number of amides is 2.